The third-order valence-electron chi connectivity index (χ3n) is 3.94. The second kappa shape index (κ2) is 6.81. The molecule has 0 bridgehead atoms. The van der Waals surface area contributed by atoms with Gasteiger partial charge in [0.15, 0.2) is 0 Å². The van der Waals surface area contributed by atoms with Crippen LogP contribution in [-0.4, -0.2) is 37.5 Å². The molecule has 0 radical (unpaired) electrons. The van der Waals surface area contributed by atoms with Gasteiger partial charge in [-0.1, -0.05) is 6.07 Å². The van der Waals surface area contributed by atoms with Gasteiger partial charge in [0, 0.05) is 23.6 Å². The first-order valence-electron chi connectivity index (χ1n) is 7.43. The molecule has 1 atom stereocenters. The summed E-state index contributed by atoms with van der Waals surface area (Å²) in [5.74, 6) is -0.283. The van der Waals surface area contributed by atoms with Crippen LogP contribution in [0.1, 0.15) is 28.2 Å². The van der Waals surface area contributed by atoms with Crippen molar-refractivity contribution in [2.45, 2.75) is 13.0 Å². The van der Waals surface area contributed by atoms with Crippen LogP contribution in [0.3, 0.4) is 0 Å². The summed E-state index contributed by atoms with van der Waals surface area (Å²) in [6.45, 7) is 1.92. The van der Waals surface area contributed by atoms with Crippen molar-refractivity contribution >= 4 is 22.9 Å². The molecule has 0 aliphatic rings. The Kier molecular flexibility index (Phi) is 4.57. The van der Waals surface area contributed by atoms with Gasteiger partial charge in [-0.3, -0.25) is 14.9 Å². The van der Waals surface area contributed by atoms with Gasteiger partial charge in [0.1, 0.15) is 18.3 Å². The molecule has 1 amide bonds. The molecule has 2 aromatic heterocycles. The van der Waals surface area contributed by atoms with E-state index in [-0.39, 0.29) is 28.9 Å². The zero-order chi connectivity index (χ0) is 18.0. The van der Waals surface area contributed by atoms with Crippen molar-refractivity contribution in [3.8, 4) is 5.69 Å². The Morgan fingerprint density at radius 1 is 1.40 bits per heavy atom. The average Bonchev–Trinajstić information content (AvgIpc) is 3.32. The first-order valence-corrected chi connectivity index (χ1v) is 8.31. The molecule has 1 aromatic carbocycles. The highest BCUT2D eigenvalue weighted by Gasteiger charge is 2.24. The SMILES string of the molecule is C[C@@H](c1cccs1)N(C)C(=O)c1ccc(-n2cncn2)c([N+](=O)[O-])c1. The molecule has 9 heteroatoms. The lowest BCUT2D eigenvalue weighted by atomic mass is 10.1. The van der Waals surface area contributed by atoms with Crippen molar-refractivity contribution in [2.75, 3.05) is 7.05 Å². The number of benzene rings is 1. The second-order valence-corrected chi connectivity index (χ2v) is 6.39. The van der Waals surface area contributed by atoms with Crippen molar-refractivity contribution in [1.82, 2.24) is 19.7 Å². The molecule has 0 saturated carbocycles. The molecule has 0 N–H and O–H groups in total. The smallest absolute Gasteiger partial charge is 0.295 e. The third-order valence-corrected chi connectivity index (χ3v) is 4.98. The van der Waals surface area contributed by atoms with E-state index in [1.807, 2.05) is 24.4 Å². The minimum Gasteiger partial charge on any atom is -0.334 e. The van der Waals surface area contributed by atoms with Gasteiger partial charge in [0.2, 0.25) is 0 Å². The normalized spacial score (nSPS) is 11.9. The molecule has 0 saturated heterocycles. The molecule has 3 aromatic rings. The molecule has 25 heavy (non-hydrogen) atoms. The molecule has 3 rings (SSSR count). The highest BCUT2D eigenvalue weighted by molar-refractivity contribution is 7.10. The Bertz CT molecular complexity index is 893. The molecular formula is C16H15N5O3S. The van der Waals surface area contributed by atoms with Crippen LogP contribution in [0.25, 0.3) is 5.69 Å². The minimum atomic E-state index is -0.531. The van der Waals surface area contributed by atoms with E-state index in [2.05, 4.69) is 10.1 Å². The van der Waals surface area contributed by atoms with E-state index in [4.69, 9.17) is 0 Å². The van der Waals surface area contributed by atoms with Crippen LogP contribution < -0.4 is 0 Å². The highest BCUT2D eigenvalue weighted by Crippen LogP contribution is 2.27. The highest BCUT2D eigenvalue weighted by atomic mass is 32.1. The van der Waals surface area contributed by atoms with E-state index in [9.17, 15) is 14.9 Å². The molecule has 0 aliphatic carbocycles. The lowest BCUT2D eigenvalue weighted by Gasteiger charge is -2.24. The number of thiophene rings is 1. The number of carbonyl (C=O) groups excluding carboxylic acids is 1. The lowest BCUT2D eigenvalue weighted by Crippen LogP contribution is -2.29. The largest absolute Gasteiger partial charge is 0.334 e. The van der Waals surface area contributed by atoms with E-state index in [0.717, 1.165) is 4.88 Å². The zero-order valence-corrected chi connectivity index (χ0v) is 14.4. The fraction of sp³-hybridized carbons (Fsp3) is 0.188. The number of nitro groups is 1. The summed E-state index contributed by atoms with van der Waals surface area (Å²) in [6.07, 6.45) is 2.66. The van der Waals surface area contributed by atoms with Crippen molar-refractivity contribution in [2.24, 2.45) is 0 Å². The molecule has 0 spiro atoms. The number of nitro benzene ring substituents is 1. The Morgan fingerprint density at radius 2 is 2.20 bits per heavy atom. The van der Waals surface area contributed by atoms with E-state index >= 15 is 0 Å². The van der Waals surface area contributed by atoms with Crippen molar-refractivity contribution in [3.05, 3.63) is 68.9 Å². The zero-order valence-electron chi connectivity index (χ0n) is 13.6. The molecule has 0 aliphatic heterocycles. The summed E-state index contributed by atoms with van der Waals surface area (Å²) < 4.78 is 1.30. The monoisotopic (exact) mass is 357 g/mol. The summed E-state index contributed by atoms with van der Waals surface area (Å²) in [5.41, 5.74) is 0.308. The van der Waals surface area contributed by atoms with Gasteiger partial charge in [0.05, 0.1) is 11.0 Å². The van der Waals surface area contributed by atoms with Gasteiger partial charge >= 0.3 is 0 Å². The molecule has 128 valence electrons. The van der Waals surface area contributed by atoms with Crippen LogP contribution >= 0.6 is 11.3 Å². The van der Waals surface area contributed by atoms with Crippen molar-refractivity contribution in [1.29, 1.82) is 0 Å². The van der Waals surface area contributed by atoms with Crippen LogP contribution in [0.15, 0.2) is 48.4 Å². The Balaban J connectivity index is 1.93. The van der Waals surface area contributed by atoms with Gasteiger partial charge in [0.25, 0.3) is 11.6 Å². The van der Waals surface area contributed by atoms with Crippen LogP contribution in [0.5, 0.6) is 0 Å². The fourth-order valence-electron chi connectivity index (χ4n) is 2.43. The van der Waals surface area contributed by atoms with Crippen molar-refractivity contribution < 1.29 is 9.72 Å². The van der Waals surface area contributed by atoms with Crippen molar-refractivity contribution in [3.63, 3.8) is 0 Å². The van der Waals surface area contributed by atoms with Gasteiger partial charge in [-0.2, -0.15) is 5.10 Å². The maximum atomic E-state index is 12.7. The third kappa shape index (κ3) is 3.26. The van der Waals surface area contributed by atoms with Crippen LogP contribution in [-0.2, 0) is 0 Å². The maximum Gasteiger partial charge on any atom is 0.295 e. The number of rotatable bonds is 5. The summed E-state index contributed by atoms with van der Waals surface area (Å²) in [4.78, 5) is 30.0. The van der Waals surface area contributed by atoms with Crippen LogP contribution in [0.2, 0.25) is 0 Å². The number of hydrogen-bond donors (Lipinski definition) is 0. The average molecular weight is 357 g/mol. The first kappa shape index (κ1) is 16.8. The fourth-order valence-corrected chi connectivity index (χ4v) is 3.25. The first-order chi connectivity index (χ1) is 12.0. The Morgan fingerprint density at radius 3 is 2.80 bits per heavy atom. The summed E-state index contributed by atoms with van der Waals surface area (Å²) >= 11 is 1.56. The summed E-state index contributed by atoms with van der Waals surface area (Å²) in [5, 5.41) is 17.3. The van der Waals surface area contributed by atoms with E-state index in [0.29, 0.717) is 0 Å². The predicted octanol–water partition coefficient (Wildman–Crippen LogP) is 3.07. The molecule has 0 unspecified atom stereocenters. The number of carbonyl (C=O) groups is 1. The van der Waals surface area contributed by atoms with Gasteiger partial charge < -0.3 is 4.90 Å². The standard InChI is InChI=1S/C16H15N5O3S/c1-11(15-4-3-7-25-15)19(2)16(22)12-5-6-13(14(8-12)21(23)24)20-10-17-9-18-20/h3-11H,1-2H3/t11-/m0/s1. The van der Waals surface area contributed by atoms with Gasteiger partial charge in [-0.05, 0) is 30.5 Å². The second-order valence-electron chi connectivity index (χ2n) is 5.41. The molecule has 2 heterocycles. The lowest BCUT2D eigenvalue weighted by molar-refractivity contribution is -0.384. The van der Waals surface area contributed by atoms with E-state index in [1.165, 1.54) is 29.5 Å². The minimum absolute atomic E-state index is 0.124. The van der Waals surface area contributed by atoms with E-state index < -0.39 is 4.92 Å². The summed E-state index contributed by atoms with van der Waals surface area (Å²) in [6, 6.07) is 8.09. The van der Waals surface area contributed by atoms with Crippen LogP contribution in [0, 0.1) is 10.1 Å². The number of aromatic nitrogens is 3. The Hall–Kier alpha value is -3.07. The van der Waals surface area contributed by atoms with Gasteiger partial charge in [-0.15, -0.1) is 11.3 Å². The Labute approximate surface area is 147 Å². The summed E-state index contributed by atoms with van der Waals surface area (Å²) in [7, 11) is 1.68. The molecule has 0 fully saturated rings. The quantitative estimate of drug-likeness (QED) is 0.517. The van der Waals surface area contributed by atoms with E-state index in [1.54, 1.807) is 29.4 Å². The number of nitrogens with zero attached hydrogens (tertiary/aromatic N) is 5. The number of hydrogen-bond acceptors (Lipinski definition) is 6. The van der Waals surface area contributed by atoms with Crippen LogP contribution in [0.4, 0.5) is 5.69 Å². The van der Waals surface area contributed by atoms with Gasteiger partial charge in [-0.25, -0.2) is 9.67 Å². The molecule has 8 nitrogen and oxygen atoms in total. The topological polar surface area (TPSA) is 94.2 Å². The maximum absolute atomic E-state index is 12.7. The predicted molar refractivity (Wildman–Crippen MR) is 92.8 cm³/mol. The number of amides is 1. The molecular weight excluding hydrogens is 342 g/mol.